The topological polar surface area (TPSA) is 50.8 Å². The molecule has 1 amide bonds. The summed E-state index contributed by atoms with van der Waals surface area (Å²) in [5, 5.41) is 5.80. The molecule has 5 rings (SSSR count). The van der Waals surface area contributed by atoms with Crippen LogP contribution in [-0.2, 0) is 4.74 Å². The van der Waals surface area contributed by atoms with Gasteiger partial charge in [-0.15, -0.1) is 0 Å². The molecule has 5 heteroatoms. The van der Waals surface area contributed by atoms with Crippen molar-refractivity contribution in [3.8, 4) is 5.75 Å². The monoisotopic (exact) mass is 388 g/mol. The number of rotatable bonds is 4. The van der Waals surface area contributed by atoms with Crippen molar-refractivity contribution in [1.82, 2.24) is 4.90 Å². The van der Waals surface area contributed by atoms with Gasteiger partial charge in [-0.25, -0.2) is 0 Å². The van der Waals surface area contributed by atoms with E-state index in [9.17, 15) is 4.79 Å². The van der Waals surface area contributed by atoms with Crippen molar-refractivity contribution in [1.29, 1.82) is 0 Å². The lowest BCUT2D eigenvalue weighted by molar-refractivity contribution is 0.0426. The van der Waals surface area contributed by atoms with Crippen LogP contribution in [0.5, 0.6) is 5.75 Å². The molecule has 0 aliphatic carbocycles. The predicted molar refractivity (Wildman–Crippen MR) is 113 cm³/mol. The van der Waals surface area contributed by atoms with E-state index in [1.807, 2.05) is 47.4 Å². The van der Waals surface area contributed by atoms with Crippen LogP contribution >= 0.6 is 0 Å². The molecule has 2 unspecified atom stereocenters. The van der Waals surface area contributed by atoms with Crippen LogP contribution in [-0.4, -0.2) is 37.2 Å². The molecular formula is C24H24N2O3. The molecule has 0 saturated carbocycles. The average molecular weight is 388 g/mol. The highest BCUT2D eigenvalue weighted by molar-refractivity contribution is 6.02. The van der Waals surface area contributed by atoms with Gasteiger partial charge in [-0.1, -0.05) is 42.5 Å². The molecule has 148 valence electrons. The molecule has 0 bridgehead atoms. The summed E-state index contributed by atoms with van der Waals surface area (Å²) in [5.74, 6) is 0.792. The standard InChI is InChI=1S/C24H24N2O3/c1-28-21-13-12-16-7-2-3-9-18(16)22(21)23-25-20-11-5-4-10-19(20)24(27)26(23)15-17-8-6-14-29-17/h2-5,7,9-13,17,23,25H,6,8,14-15H2,1H3. The Labute approximate surface area is 170 Å². The molecule has 3 aromatic rings. The Balaban J connectivity index is 1.67. The smallest absolute Gasteiger partial charge is 0.257 e. The first kappa shape index (κ1) is 18.0. The first-order valence-electron chi connectivity index (χ1n) is 10.1. The van der Waals surface area contributed by atoms with Crippen LogP contribution in [0.1, 0.15) is 34.9 Å². The molecular weight excluding hydrogens is 364 g/mol. The number of para-hydroxylation sites is 1. The molecule has 2 aliphatic heterocycles. The van der Waals surface area contributed by atoms with Crippen LogP contribution < -0.4 is 10.1 Å². The zero-order valence-corrected chi connectivity index (χ0v) is 16.4. The number of nitrogens with zero attached hydrogens (tertiary/aromatic N) is 1. The fourth-order valence-corrected chi connectivity index (χ4v) is 4.45. The number of anilines is 1. The molecule has 0 radical (unpaired) electrons. The first-order valence-corrected chi connectivity index (χ1v) is 10.1. The molecule has 2 aliphatic rings. The highest BCUT2D eigenvalue weighted by Gasteiger charge is 2.37. The normalized spacial score (nSPS) is 21.1. The fourth-order valence-electron chi connectivity index (χ4n) is 4.45. The van der Waals surface area contributed by atoms with Crippen molar-refractivity contribution in [3.05, 3.63) is 71.8 Å². The minimum Gasteiger partial charge on any atom is -0.496 e. The highest BCUT2D eigenvalue weighted by Crippen LogP contribution is 2.41. The molecule has 0 spiro atoms. The number of amides is 1. The zero-order valence-electron chi connectivity index (χ0n) is 16.4. The number of hydrogen-bond donors (Lipinski definition) is 1. The van der Waals surface area contributed by atoms with E-state index in [0.29, 0.717) is 12.1 Å². The van der Waals surface area contributed by atoms with Gasteiger partial charge in [-0.3, -0.25) is 4.79 Å². The van der Waals surface area contributed by atoms with Crippen LogP contribution in [0, 0.1) is 0 Å². The van der Waals surface area contributed by atoms with Gasteiger partial charge in [0.1, 0.15) is 11.9 Å². The van der Waals surface area contributed by atoms with Gasteiger partial charge >= 0.3 is 0 Å². The number of fused-ring (bicyclic) bond motifs is 2. The predicted octanol–water partition coefficient (Wildman–Crippen LogP) is 4.59. The molecule has 29 heavy (non-hydrogen) atoms. The van der Waals surface area contributed by atoms with E-state index in [4.69, 9.17) is 9.47 Å². The lowest BCUT2D eigenvalue weighted by Crippen LogP contribution is -2.46. The van der Waals surface area contributed by atoms with E-state index < -0.39 is 0 Å². The summed E-state index contributed by atoms with van der Waals surface area (Å²) in [7, 11) is 1.68. The van der Waals surface area contributed by atoms with Gasteiger partial charge in [-0.2, -0.15) is 0 Å². The summed E-state index contributed by atoms with van der Waals surface area (Å²) in [4.78, 5) is 15.4. The minimum absolute atomic E-state index is 0.0230. The Hall–Kier alpha value is -3.05. The molecule has 1 saturated heterocycles. The Morgan fingerprint density at radius 2 is 1.93 bits per heavy atom. The number of nitrogens with one attached hydrogen (secondary N) is 1. The maximum Gasteiger partial charge on any atom is 0.257 e. The molecule has 1 fully saturated rings. The number of ether oxygens (including phenoxy) is 2. The van der Waals surface area contributed by atoms with Crippen LogP contribution in [0.15, 0.2) is 60.7 Å². The highest BCUT2D eigenvalue weighted by atomic mass is 16.5. The van der Waals surface area contributed by atoms with E-state index in [0.717, 1.165) is 47.2 Å². The van der Waals surface area contributed by atoms with Gasteiger partial charge in [0.25, 0.3) is 5.91 Å². The number of carbonyl (C=O) groups is 1. The van der Waals surface area contributed by atoms with Crippen LogP contribution in [0.25, 0.3) is 10.8 Å². The summed E-state index contributed by atoms with van der Waals surface area (Å²) in [6, 6.07) is 19.9. The molecule has 2 atom stereocenters. The third-order valence-electron chi connectivity index (χ3n) is 5.87. The van der Waals surface area contributed by atoms with Gasteiger partial charge in [-0.05, 0) is 41.8 Å². The van der Waals surface area contributed by atoms with Gasteiger partial charge < -0.3 is 19.7 Å². The fraction of sp³-hybridized carbons (Fsp3) is 0.292. The van der Waals surface area contributed by atoms with Crippen molar-refractivity contribution >= 4 is 22.4 Å². The summed E-state index contributed by atoms with van der Waals surface area (Å²) in [6.07, 6.45) is 1.75. The Morgan fingerprint density at radius 3 is 2.76 bits per heavy atom. The number of carbonyl (C=O) groups excluding carboxylic acids is 1. The van der Waals surface area contributed by atoms with Crippen molar-refractivity contribution in [3.63, 3.8) is 0 Å². The van der Waals surface area contributed by atoms with Crippen molar-refractivity contribution < 1.29 is 14.3 Å². The maximum atomic E-state index is 13.5. The lowest BCUT2D eigenvalue weighted by atomic mass is 9.97. The van der Waals surface area contributed by atoms with Crippen LogP contribution in [0.4, 0.5) is 5.69 Å². The van der Waals surface area contributed by atoms with Crippen molar-refractivity contribution in [2.75, 3.05) is 25.6 Å². The van der Waals surface area contributed by atoms with E-state index in [1.165, 1.54) is 0 Å². The van der Waals surface area contributed by atoms with Gasteiger partial charge in [0.2, 0.25) is 0 Å². The Morgan fingerprint density at radius 1 is 1.10 bits per heavy atom. The van der Waals surface area contributed by atoms with E-state index in [2.05, 4.69) is 23.5 Å². The molecule has 2 heterocycles. The third-order valence-corrected chi connectivity index (χ3v) is 5.87. The van der Waals surface area contributed by atoms with Gasteiger partial charge in [0.05, 0.1) is 18.8 Å². The van der Waals surface area contributed by atoms with Crippen molar-refractivity contribution in [2.45, 2.75) is 25.1 Å². The number of hydrogen-bond acceptors (Lipinski definition) is 4. The second-order valence-electron chi connectivity index (χ2n) is 7.59. The van der Waals surface area contributed by atoms with E-state index in [1.54, 1.807) is 7.11 Å². The third kappa shape index (κ3) is 3.12. The summed E-state index contributed by atoms with van der Waals surface area (Å²) < 4.78 is 11.6. The van der Waals surface area contributed by atoms with E-state index in [-0.39, 0.29) is 18.2 Å². The summed E-state index contributed by atoms with van der Waals surface area (Å²) in [6.45, 7) is 1.32. The SMILES string of the molecule is COc1ccc2ccccc2c1C1Nc2ccccc2C(=O)N1CC1CCCO1. The average Bonchev–Trinajstić information content (AvgIpc) is 3.28. The van der Waals surface area contributed by atoms with Gasteiger partial charge in [0, 0.05) is 24.4 Å². The van der Waals surface area contributed by atoms with E-state index >= 15 is 0 Å². The molecule has 3 aromatic carbocycles. The number of methoxy groups -OCH3 is 1. The maximum absolute atomic E-state index is 13.5. The number of benzene rings is 3. The molecule has 5 nitrogen and oxygen atoms in total. The van der Waals surface area contributed by atoms with Crippen LogP contribution in [0.2, 0.25) is 0 Å². The molecule has 0 aromatic heterocycles. The second-order valence-corrected chi connectivity index (χ2v) is 7.59. The van der Waals surface area contributed by atoms with Crippen LogP contribution in [0.3, 0.4) is 0 Å². The van der Waals surface area contributed by atoms with Gasteiger partial charge in [0.15, 0.2) is 0 Å². The first-order chi connectivity index (χ1) is 14.3. The van der Waals surface area contributed by atoms with Crippen molar-refractivity contribution in [2.24, 2.45) is 0 Å². The quantitative estimate of drug-likeness (QED) is 0.710. The zero-order chi connectivity index (χ0) is 19.8. The lowest BCUT2D eigenvalue weighted by Gasteiger charge is -2.40. The largest absolute Gasteiger partial charge is 0.496 e. The minimum atomic E-state index is -0.331. The summed E-state index contributed by atoms with van der Waals surface area (Å²) in [5.41, 5.74) is 2.52. The Bertz CT molecular complexity index is 1060. The molecule has 1 N–H and O–H groups in total. The second kappa shape index (κ2) is 7.41. The summed E-state index contributed by atoms with van der Waals surface area (Å²) >= 11 is 0. The Kier molecular flexibility index (Phi) is 4.60.